The number of anilines is 6. The average molecular weight is 949 g/mol. The lowest BCUT2D eigenvalue weighted by atomic mass is 10.1. The first-order valence-electron chi connectivity index (χ1n) is 22.1. The summed E-state index contributed by atoms with van der Waals surface area (Å²) >= 11 is 0. The predicted octanol–water partition coefficient (Wildman–Crippen LogP) is 10.8. The molecule has 6 aromatic carbocycles. The Labute approximate surface area is 406 Å². The second-order valence-electron chi connectivity index (χ2n) is 15.2. The molecule has 6 aromatic rings. The number of benzene rings is 6. The van der Waals surface area contributed by atoms with Gasteiger partial charge in [-0.2, -0.15) is 0 Å². The van der Waals surface area contributed by atoms with E-state index < -0.39 is 17.9 Å². The molecule has 0 aliphatic heterocycles. The number of nitrogens with zero attached hydrogens (tertiary/aromatic N) is 2. The summed E-state index contributed by atoms with van der Waals surface area (Å²) in [6, 6.07) is 43.6. The molecule has 15 heteroatoms. The van der Waals surface area contributed by atoms with Crippen molar-refractivity contribution in [1.29, 1.82) is 0 Å². The normalized spacial score (nSPS) is 11.4. The van der Waals surface area contributed by atoms with Gasteiger partial charge >= 0.3 is 17.9 Å². The molecule has 0 unspecified atom stereocenters. The van der Waals surface area contributed by atoms with Crippen LogP contribution in [0.5, 0.6) is 23.0 Å². The molecule has 7 rings (SSSR count). The number of hydrogen-bond acceptors (Lipinski definition) is 15. The number of fused-ring (bicyclic) bond motifs is 1. The zero-order chi connectivity index (χ0) is 48.9. The van der Waals surface area contributed by atoms with E-state index in [-0.39, 0.29) is 58.9 Å². The molecular formula is C55H52N2O13. The zero-order valence-corrected chi connectivity index (χ0v) is 38.4. The number of carbonyl (C=O) groups is 3. The number of para-hydroxylation sites is 1. The second kappa shape index (κ2) is 25.9. The molecule has 0 spiro atoms. The minimum atomic E-state index is -0.690. The third-order valence-electron chi connectivity index (χ3n) is 10.5. The Bertz CT molecular complexity index is 2690. The van der Waals surface area contributed by atoms with E-state index in [4.69, 9.17) is 47.4 Å². The van der Waals surface area contributed by atoms with Gasteiger partial charge in [-0.15, -0.1) is 0 Å². The van der Waals surface area contributed by atoms with Crippen LogP contribution in [0.1, 0.15) is 23.1 Å². The van der Waals surface area contributed by atoms with Gasteiger partial charge in [0.1, 0.15) is 23.9 Å². The van der Waals surface area contributed by atoms with Gasteiger partial charge in [0.05, 0.1) is 5.69 Å². The number of ether oxygens (including phenoxy) is 10. The van der Waals surface area contributed by atoms with Crippen LogP contribution >= 0.6 is 0 Å². The first-order chi connectivity index (χ1) is 34.3. The molecule has 15 nitrogen and oxygen atoms in total. The summed E-state index contributed by atoms with van der Waals surface area (Å²) in [6.07, 6.45) is 6.55. The van der Waals surface area contributed by atoms with Crippen LogP contribution < -0.4 is 28.7 Å². The molecule has 0 bridgehead atoms. The van der Waals surface area contributed by atoms with Crippen LogP contribution in [0.15, 0.2) is 177 Å². The first-order valence-corrected chi connectivity index (χ1v) is 22.1. The van der Waals surface area contributed by atoms with Crippen molar-refractivity contribution in [3.05, 3.63) is 194 Å². The van der Waals surface area contributed by atoms with Gasteiger partial charge in [-0.3, -0.25) is 0 Å². The topological polar surface area (TPSA) is 150 Å². The van der Waals surface area contributed by atoms with E-state index in [1.165, 1.54) is 17.2 Å². The number of hydrogen-bond donors (Lipinski definition) is 0. The van der Waals surface area contributed by atoms with Crippen molar-refractivity contribution in [3.63, 3.8) is 0 Å². The van der Waals surface area contributed by atoms with Crippen LogP contribution in [0.3, 0.4) is 0 Å². The van der Waals surface area contributed by atoms with Gasteiger partial charge in [-0.25, -0.2) is 14.4 Å². The fraction of sp³-hybridized carbons (Fsp3) is 0.182. The van der Waals surface area contributed by atoms with E-state index >= 15 is 0 Å². The SMILES string of the molecule is C=CC(=O)OCc1ccc(N(c2ccc(OCOCOCOCOCOCOc3ccc(N(c4ccccc4)c4ccc(OC(=O)C=C)cc4OC(=O)C=C)cc3)cc2)c2ccc3c(c2)CCC3)cc1. The summed E-state index contributed by atoms with van der Waals surface area (Å²) in [4.78, 5) is 39.8. The molecule has 0 atom stereocenters. The maximum atomic E-state index is 12.3. The van der Waals surface area contributed by atoms with Crippen molar-refractivity contribution in [3.8, 4) is 23.0 Å². The average Bonchev–Trinajstić information content (AvgIpc) is 3.87. The largest absolute Gasteiger partial charge is 0.467 e. The fourth-order valence-corrected chi connectivity index (χ4v) is 7.24. The lowest BCUT2D eigenvalue weighted by molar-refractivity contribution is -0.205. The third kappa shape index (κ3) is 14.2. The van der Waals surface area contributed by atoms with Gasteiger partial charge in [0.2, 0.25) is 0 Å². The Balaban J connectivity index is 0.804. The molecule has 0 N–H and O–H groups in total. The Hall–Kier alpha value is -8.05. The lowest BCUT2D eigenvalue weighted by Gasteiger charge is -2.27. The van der Waals surface area contributed by atoms with Crippen molar-refractivity contribution in [2.45, 2.75) is 25.9 Å². The molecule has 0 saturated carbocycles. The minimum Gasteiger partial charge on any atom is -0.467 e. The summed E-state index contributed by atoms with van der Waals surface area (Å²) < 4.78 is 54.5. The van der Waals surface area contributed by atoms with Crippen LogP contribution in [-0.4, -0.2) is 58.7 Å². The van der Waals surface area contributed by atoms with E-state index in [1.807, 2.05) is 95.9 Å². The number of aryl methyl sites for hydroxylation is 2. The van der Waals surface area contributed by atoms with Gasteiger partial charge < -0.3 is 57.2 Å². The number of esters is 3. The quantitative estimate of drug-likeness (QED) is 0.0158. The van der Waals surface area contributed by atoms with Gasteiger partial charge in [-0.1, -0.05) is 56.1 Å². The van der Waals surface area contributed by atoms with E-state index in [0.717, 1.165) is 65.8 Å². The van der Waals surface area contributed by atoms with Crippen LogP contribution in [0.4, 0.5) is 34.1 Å². The molecule has 0 saturated heterocycles. The molecular weight excluding hydrogens is 897 g/mol. The Kier molecular flexibility index (Phi) is 18.4. The summed E-state index contributed by atoms with van der Waals surface area (Å²) in [6.45, 7) is 10.1. The third-order valence-corrected chi connectivity index (χ3v) is 10.5. The standard InChI is InChI=1S/C55H52N2O13/c1-4-53(58)66-33-40-15-18-44(19-16-40)56(47-20-17-41-11-10-12-42(41)31-47)45-21-25-48(26-22-45)67-38-64-36-62-34-61-35-63-37-65-39-68-49-27-23-46(24-28-49)57(43-13-8-7-9-14-43)51-30-29-50(69-54(59)5-2)32-52(51)70-55(60)6-3/h4-9,13-32H,1-3,10-12,33-39H2. The van der Waals surface area contributed by atoms with Crippen LogP contribution in [0.25, 0.3) is 0 Å². The van der Waals surface area contributed by atoms with Crippen molar-refractivity contribution >= 4 is 52.0 Å². The van der Waals surface area contributed by atoms with E-state index in [9.17, 15) is 14.4 Å². The van der Waals surface area contributed by atoms with Crippen molar-refractivity contribution < 1.29 is 61.8 Å². The van der Waals surface area contributed by atoms with Gasteiger partial charge in [0, 0.05) is 52.7 Å². The molecule has 1 aliphatic rings. The zero-order valence-electron chi connectivity index (χ0n) is 38.4. The van der Waals surface area contributed by atoms with E-state index in [0.29, 0.717) is 22.9 Å². The van der Waals surface area contributed by atoms with Crippen LogP contribution in [0.2, 0.25) is 0 Å². The maximum absolute atomic E-state index is 12.3. The van der Waals surface area contributed by atoms with Crippen molar-refractivity contribution in [2.24, 2.45) is 0 Å². The molecule has 70 heavy (non-hydrogen) atoms. The van der Waals surface area contributed by atoms with Crippen LogP contribution in [0, 0.1) is 0 Å². The summed E-state index contributed by atoms with van der Waals surface area (Å²) in [5.41, 5.74) is 8.54. The Morgan fingerprint density at radius 1 is 0.457 bits per heavy atom. The van der Waals surface area contributed by atoms with E-state index in [2.05, 4.69) is 42.8 Å². The Morgan fingerprint density at radius 2 is 0.943 bits per heavy atom. The molecule has 1 aliphatic carbocycles. The summed E-state index contributed by atoms with van der Waals surface area (Å²) in [7, 11) is 0. The summed E-state index contributed by atoms with van der Waals surface area (Å²) in [5, 5.41) is 0. The predicted molar refractivity (Wildman–Crippen MR) is 262 cm³/mol. The maximum Gasteiger partial charge on any atom is 0.335 e. The molecule has 0 fully saturated rings. The molecule has 0 radical (unpaired) electrons. The first kappa shape index (κ1) is 49.8. The molecule has 0 aromatic heterocycles. The molecule has 0 amide bonds. The molecule has 360 valence electrons. The highest BCUT2D eigenvalue weighted by Gasteiger charge is 2.21. The van der Waals surface area contributed by atoms with Crippen LogP contribution in [-0.2, 0) is 62.3 Å². The minimum absolute atomic E-state index is 0.0390. The monoisotopic (exact) mass is 948 g/mol. The van der Waals surface area contributed by atoms with Gasteiger partial charge in [0.15, 0.2) is 46.5 Å². The lowest BCUT2D eigenvalue weighted by Crippen LogP contribution is -2.14. The van der Waals surface area contributed by atoms with E-state index in [1.54, 1.807) is 24.3 Å². The van der Waals surface area contributed by atoms with Gasteiger partial charge in [-0.05, 0) is 133 Å². The van der Waals surface area contributed by atoms with Crippen molar-refractivity contribution in [1.82, 2.24) is 0 Å². The second-order valence-corrected chi connectivity index (χ2v) is 15.2. The van der Waals surface area contributed by atoms with Crippen molar-refractivity contribution in [2.75, 3.05) is 50.6 Å². The highest BCUT2D eigenvalue weighted by molar-refractivity contribution is 5.88. The fourth-order valence-electron chi connectivity index (χ4n) is 7.24. The molecule has 0 heterocycles. The smallest absolute Gasteiger partial charge is 0.335 e. The highest BCUT2D eigenvalue weighted by atomic mass is 16.8. The highest BCUT2D eigenvalue weighted by Crippen LogP contribution is 2.43. The Morgan fingerprint density at radius 3 is 1.53 bits per heavy atom. The summed E-state index contributed by atoms with van der Waals surface area (Å²) in [5.74, 6) is -0.375. The number of carbonyl (C=O) groups excluding carboxylic acids is 3. The number of rotatable bonds is 27. The van der Waals surface area contributed by atoms with Gasteiger partial charge in [0.25, 0.3) is 0 Å².